The maximum atomic E-state index is 11.0. The van der Waals surface area contributed by atoms with E-state index in [4.69, 9.17) is 10.5 Å². The quantitative estimate of drug-likeness (QED) is 0.578. The van der Waals surface area contributed by atoms with Crippen LogP contribution in [0.25, 0.3) is 0 Å². The van der Waals surface area contributed by atoms with Gasteiger partial charge in [0.1, 0.15) is 5.71 Å². The van der Waals surface area contributed by atoms with Gasteiger partial charge in [0, 0.05) is 12.0 Å². The van der Waals surface area contributed by atoms with Gasteiger partial charge < -0.3 is 5.11 Å². The lowest BCUT2D eigenvalue weighted by molar-refractivity contribution is -0.129. The number of ketones is 1. The molecule has 0 fully saturated rings. The van der Waals surface area contributed by atoms with Crippen molar-refractivity contribution in [1.29, 1.82) is 5.41 Å². The Morgan fingerprint density at radius 3 is 2.60 bits per heavy atom. The monoisotopic (exact) mass is 205 g/mol. The SMILES string of the molecule is CC(=O)c1cccc(CC(=N)C(=O)O)c1. The number of hydrogen-bond donors (Lipinski definition) is 2. The van der Waals surface area contributed by atoms with E-state index >= 15 is 0 Å². The fourth-order valence-electron chi connectivity index (χ4n) is 1.18. The minimum Gasteiger partial charge on any atom is -0.477 e. The third kappa shape index (κ3) is 3.02. The van der Waals surface area contributed by atoms with Gasteiger partial charge in [-0.05, 0) is 18.6 Å². The van der Waals surface area contributed by atoms with E-state index < -0.39 is 5.97 Å². The zero-order valence-electron chi connectivity index (χ0n) is 8.28. The number of aliphatic carboxylic acids is 1. The lowest BCUT2D eigenvalue weighted by Gasteiger charge is -2.01. The van der Waals surface area contributed by atoms with Crippen LogP contribution >= 0.6 is 0 Å². The van der Waals surface area contributed by atoms with E-state index in [0.29, 0.717) is 11.1 Å². The Morgan fingerprint density at radius 1 is 1.40 bits per heavy atom. The van der Waals surface area contributed by atoms with Crippen molar-refractivity contribution in [2.75, 3.05) is 0 Å². The number of carboxylic acid groups (broad SMARTS) is 1. The van der Waals surface area contributed by atoms with Gasteiger partial charge in [0.2, 0.25) is 0 Å². The molecule has 0 aliphatic rings. The highest BCUT2D eigenvalue weighted by Crippen LogP contribution is 2.07. The highest BCUT2D eigenvalue weighted by Gasteiger charge is 2.08. The fourth-order valence-corrected chi connectivity index (χ4v) is 1.18. The molecule has 0 aromatic heterocycles. The van der Waals surface area contributed by atoms with Crippen molar-refractivity contribution in [2.45, 2.75) is 13.3 Å². The zero-order valence-corrected chi connectivity index (χ0v) is 8.28. The summed E-state index contributed by atoms with van der Waals surface area (Å²) in [6.07, 6.45) is 0.0381. The first-order valence-electron chi connectivity index (χ1n) is 4.41. The molecular weight excluding hydrogens is 194 g/mol. The average Bonchev–Trinajstić information content (AvgIpc) is 2.18. The molecule has 0 amide bonds. The summed E-state index contributed by atoms with van der Waals surface area (Å²) >= 11 is 0. The van der Waals surface area contributed by atoms with Crippen LogP contribution in [-0.4, -0.2) is 22.6 Å². The van der Waals surface area contributed by atoms with Crippen LogP contribution in [-0.2, 0) is 11.2 Å². The average molecular weight is 205 g/mol. The van der Waals surface area contributed by atoms with Crippen molar-refractivity contribution in [3.8, 4) is 0 Å². The van der Waals surface area contributed by atoms with Crippen LogP contribution < -0.4 is 0 Å². The Bertz CT molecular complexity index is 424. The normalized spacial score (nSPS) is 9.67. The van der Waals surface area contributed by atoms with Crippen LogP contribution in [0, 0.1) is 5.41 Å². The molecule has 0 spiro atoms. The van der Waals surface area contributed by atoms with Crippen LogP contribution in [0.3, 0.4) is 0 Å². The first-order valence-corrected chi connectivity index (χ1v) is 4.41. The summed E-state index contributed by atoms with van der Waals surface area (Å²) in [5.74, 6) is -1.30. The molecule has 0 aliphatic carbocycles. The molecule has 78 valence electrons. The van der Waals surface area contributed by atoms with Gasteiger partial charge in [-0.25, -0.2) is 4.79 Å². The predicted octanol–water partition coefficient (Wildman–Crippen LogP) is 1.54. The second kappa shape index (κ2) is 4.50. The van der Waals surface area contributed by atoms with E-state index in [9.17, 15) is 9.59 Å². The number of benzene rings is 1. The largest absolute Gasteiger partial charge is 0.477 e. The van der Waals surface area contributed by atoms with Gasteiger partial charge in [0.15, 0.2) is 5.78 Å². The lowest BCUT2D eigenvalue weighted by atomic mass is 10.0. The predicted molar refractivity (Wildman–Crippen MR) is 55.5 cm³/mol. The molecule has 1 aromatic rings. The zero-order chi connectivity index (χ0) is 11.4. The molecule has 0 unspecified atom stereocenters. The summed E-state index contributed by atoms with van der Waals surface area (Å²) in [6, 6.07) is 6.65. The van der Waals surface area contributed by atoms with Crippen LogP contribution in [0.4, 0.5) is 0 Å². The molecular formula is C11H11NO3. The van der Waals surface area contributed by atoms with Crippen LogP contribution in [0.5, 0.6) is 0 Å². The molecule has 0 aliphatic heterocycles. The molecule has 4 nitrogen and oxygen atoms in total. The number of carboxylic acids is 1. The van der Waals surface area contributed by atoms with Crippen molar-refractivity contribution in [3.05, 3.63) is 35.4 Å². The Labute approximate surface area is 87.1 Å². The number of nitrogens with one attached hydrogen (secondary N) is 1. The topological polar surface area (TPSA) is 78.2 Å². The highest BCUT2D eigenvalue weighted by molar-refractivity contribution is 6.34. The third-order valence-corrected chi connectivity index (χ3v) is 1.97. The number of carbonyl (C=O) groups excluding carboxylic acids is 1. The number of rotatable bonds is 4. The molecule has 0 atom stereocenters. The summed E-state index contributed by atoms with van der Waals surface area (Å²) in [5.41, 5.74) is 0.816. The standard InChI is InChI=1S/C11H11NO3/c1-7(13)9-4-2-3-8(5-9)6-10(12)11(14)15/h2-5,12H,6H2,1H3,(H,14,15). The second-order valence-corrected chi connectivity index (χ2v) is 3.22. The van der Waals surface area contributed by atoms with Gasteiger partial charge in [0.25, 0.3) is 0 Å². The molecule has 0 heterocycles. The molecule has 1 rings (SSSR count). The van der Waals surface area contributed by atoms with Gasteiger partial charge in [-0.15, -0.1) is 0 Å². The fraction of sp³-hybridized carbons (Fsp3) is 0.182. The maximum Gasteiger partial charge on any atom is 0.349 e. The van der Waals surface area contributed by atoms with Crippen LogP contribution in [0.1, 0.15) is 22.8 Å². The summed E-state index contributed by atoms with van der Waals surface area (Å²) < 4.78 is 0. The maximum absolute atomic E-state index is 11.0. The van der Waals surface area contributed by atoms with Gasteiger partial charge >= 0.3 is 5.97 Å². The van der Waals surface area contributed by atoms with Gasteiger partial charge in [-0.2, -0.15) is 0 Å². The lowest BCUT2D eigenvalue weighted by Crippen LogP contribution is -2.14. The summed E-state index contributed by atoms with van der Waals surface area (Å²) in [4.78, 5) is 21.5. The molecule has 4 heteroatoms. The van der Waals surface area contributed by atoms with E-state index in [0.717, 1.165) is 0 Å². The van der Waals surface area contributed by atoms with Crippen molar-refractivity contribution in [2.24, 2.45) is 0 Å². The molecule has 0 bridgehead atoms. The second-order valence-electron chi connectivity index (χ2n) is 3.22. The van der Waals surface area contributed by atoms with Crippen molar-refractivity contribution >= 4 is 17.5 Å². The van der Waals surface area contributed by atoms with Crippen molar-refractivity contribution in [1.82, 2.24) is 0 Å². The highest BCUT2D eigenvalue weighted by atomic mass is 16.4. The Hall–Kier alpha value is -1.97. The van der Waals surface area contributed by atoms with Gasteiger partial charge in [-0.1, -0.05) is 18.2 Å². The molecule has 0 radical (unpaired) electrons. The molecule has 1 aromatic carbocycles. The van der Waals surface area contributed by atoms with E-state index in [1.807, 2.05) is 0 Å². The number of carbonyl (C=O) groups is 2. The van der Waals surface area contributed by atoms with E-state index in [2.05, 4.69) is 0 Å². The smallest absolute Gasteiger partial charge is 0.349 e. The van der Waals surface area contributed by atoms with Crippen LogP contribution in [0.2, 0.25) is 0 Å². The molecule has 2 N–H and O–H groups in total. The number of hydrogen-bond acceptors (Lipinski definition) is 3. The Morgan fingerprint density at radius 2 is 2.07 bits per heavy atom. The Balaban J connectivity index is 2.87. The summed E-state index contributed by atoms with van der Waals surface area (Å²) in [7, 11) is 0. The van der Waals surface area contributed by atoms with E-state index in [1.165, 1.54) is 6.92 Å². The first kappa shape index (κ1) is 11.1. The summed E-state index contributed by atoms with van der Waals surface area (Å²) in [5, 5.41) is 15.7. The molecule has 15 heavy (non-hydrogen) atoms. The van der Waals surface area contributed by atoms with Crippen molar-refractivity contribution in [3.63, 3.8) is 0 Å². The van der Waals surface area contributed by atoms with Crippen LogP contribution in [0.15, 0.2) is 24.3 Å². The number of Topliss-reactive ketones (excluding diaryl/α,β-unsaturated/α-hetero) is 1. The minimum atomic E-state index is -1.23. The molecule has 0 saturated carbocycles. The van der Waals surface area contributed by atoms with Crippen molar-refractivity contribution < 1.29 is 14.7 Å². The molecule has 0 saturated heterocycles. The van der Waals surface area contributed by atoms with Gasteiger partial charge in [-0.3, -0.25) is 10.2 Å². The Kier molecular flexibility index (Phi) is 3.33. The first-order chi connectivity index (χ1) is 7.00. The third-order valence-electron chi connectivity index (χ3n) is 1.97. The minimum absolute atomic E-state index is 0.0381. The van der Waals surface area contributed by atoms with E-state index in [-0.39, 0.29) is 17.9 Å². The summed E-state index contributed by atoms with van der Waals surface area (Å²) in [6.45, 7) is 1.45. The van der Waals surface area contributed by atoms with Gasteiger partial charge in [0.05, 0.1) is 0 Å². The van der Waals surface area contributed by atoms with E-state index in [1.54, 1.807) is 24.3 Å².